The van der Waals surface area contributed by atoms with Crippen LogP contribution in [0.4, 0.5) is 0 Å². The van der Waals surface area contributed by atoms with Gasteiger partial charge in [0, 0.05) is 18.7 Å². The van der Waals surface area contributed by atoms with Crippen LogP contribution in [0.1, 0.15) is 54.6 Å². The van der Waals surface area contributed by atoms with Crippen molar-refractivity contribution in [2.24, 2.45) is 11.7 Å². The first kappa shape index (κ1) is 20.2. The SMILES string of the molecule is CCOC1(c2cccc(C(N)=O)c2)/C(=C/NCc2ccccc2)CCCC1C. The van der Waals surface area contributed by atoms with Crippen LogP contribution in [0.3, 0.4) is 0 Å². The molecule has 2 unspecified atom stereocenters. The quantitative estimate of drug-likeness (QED) is 0.745. The molecule has 0 saturated heterocycles. The predicted molar refractivity (Wildman–Crippen MR) is 113 cm³/mol. The smallest absolute Gasteiger partial charge is 0.248 e. The third kappa shape index (κ3) is 4.12. The summed E-state index contributed by atoms with van der Waals surface area (Å²) >= 11 is 0. The Kier molecular flexibility index (Phi) is 6.53. The van der Waals surface area contributed by atoms with E-state index in [1.807, 2.05) is 37.3 Å². The highest BCUT2D eigenvalue weighted by Crippen LogP contribution is 2.48. The van der Waals surface area contributed by atoms with E-state index in [9.17, 15) is 4.79 Å². The van der Waals surface area contributed by atoms with Crippen LogP contribution in [-0.4, -0.2) is 12.5 Å². The molecule has 1 fully saturated rings. The molecular formula is C24H30N2O2. The topological polar surface area (TPSA) is 64.3 Å². The van der Waals surface area contributed by atoms with Crippen molar-refractivity contribution in [1.29, 1.82) is 0 Å². The first-order valence-corrected chi connectivity index (χ1v) is 10.1. The molecular weight excluding hydrogens is 348 g/mol. The average Bonchev–Trinajstić information content (AvgIpc) is 2.71. The van der Waals surface area contributed by atoms with Gasteiger partial charge in [-0.2, -0.15) is 0 Å². The number of carbonyl (C=O) groups is 1. The molecule has 3 N–H and O–H groups in total. The largest absolute Gasteiger partial charge is 0.387 e. The highest BCUT2D eigenvalue weighted by atomic mass is 16.5. The van der Waals surface area contributed by atoms with Crippen molar-refractivity contribution < 1.29 is 9.53 Å². The Hall–Kier alpha value is -2.59. The van der Waals surface area contributed by atoms with Gasteiger partial charge in [-0.05, 0) is 67.1 Å². The van der Waals surface area contributed by atoms with Crippen LogP contribution < -0.4 is 11.1 Å². The van der Waals surface area contributed by atoms with Crippen LogP contribution in [0.25, 0.3) is 0 Å². The van der Waals surface area contributed by atoms with E-state index in [0.717, 1.165) is 31.4 Å². The molecule has 0 heterocycles. The minimum atomic E-state index is -0.540. The van der Waals surface area contributed by atoms with Crippen molar-refractivity contribution in [2.75, 3.05) is 6.61 Å². The summed E-state index contributed by atoms with van der Waals surface area (Å²) < 4.78 is 6.46. The van der Waals surface area contributed by atoms with Crippen LogP contribution in [0, 0.1) is 5.92 Å². The maximum absolute atomic E-state index is 11.7. The van der Waals surface area contributed by atoms with E-state index in [1.54, 1.807) is 6.07 Å². The first-order chi connectivity index (χ1) is 13.6. The second kappa shape index (κ2) is 9.07. The Balaban J connectivity index is 1.97. The summed E-state index contributed by atoms with van der Waals surface area (Å²) in [5.41, 5.74) is 8.99. The first-order valence-electron chi connectivity index (χ1n) is 10.1. The minimum absolute atomic E-state index is 0.300. The number of hydrogen-bond donors (Lipinski definition) is 2. The van der Waals surface area contributed by atoms with Crippen LogP contribution in [-0.2, 0) is 16.9 Å². The number of nitrogens with two attached hydrogens (primary N) is 1. The lowest BCUT2D eigenvalue weighted by Crippen LogP contribution is -2.42. The maximum Gasteiger partial charge on any atom is 0.248 e. The Morgan fingerprint density at radius 1 is 1.25 bits per heavy atom. The van der Waals surface area contributed by atoms with Gasteiger partial charge in [0.15, 0.2) is 0 Å². The molecule has 4 nitrogen and oxygen atoms in total. The lowest BCUT2D eigenvalue weighted by atomic mass is 9.69. The van der Waals surface area contributed by atoms with Crippen molar-refractivity contribution in [3.63, 3.8) is 0 Å². The molecule has 1 aliphatic rings. The zero-order valence-electron chi connectivity index (χ0n) is 16.8. The van der Waals surface area contributed by atoms with Crippen molar-refractivity contribution in [3.05, 3.63) is 83.1 Å². The van der Waals surface area contributed by atoms with E-state index in [4.69, 9.17) is 10.5 Å². The summed E-state index contributed by atoms with van der Waals surface area (Å²) in [6.07, 6.45) is 5.30. The molecule has 2 aromatic carbocycles. The Bertz CT molecular complexity index is 832. The number of primary amides is 1. The monoisotopic (exact) mass is 378 g/mol. The van der Waals surface area contributed by atoms with Crippen molar-refractivity contribution in [3.8, 4) is 0 Å². The van der Waals surface area contributed by atoms with Gasteiger partial charge in [-0.1, -0.05) is 49.4 Å². The number of carbonyl (C=O) groups excluding carboxylic acids is 1. The lowest BCUT2D eigenvalue weighted by Gasteiger charge is -2.45. The molecule has 1 saturated carbocycles. The Morgan fingerprint density at radius 2 is 2.04 bits per heavy atom. The molecule has 2 aromatic rings. The van der Waals surface area contributed by atoms with Gasteiger partial charge in [0.1, 0.15) is 5.60 Å². The fraction of sp³-hybridized carbons (Fsp3) is 0.375. The molecule has 28 heavy (non-hydrogen) atoms. The predicted octanol–water partition coefficient (Wildman–Crippen LogP) is 4.51. The zero-order valence-corrected chi connectivity index (χ0v) is 16.8. The molecule has 0 aromatic heterocycles. The van der Waals surface area contributed by atoms with Gasteiger partial charge < -0.3 is 15.8 Å². The van der Waals surface area contributed by atoms with Gasteiger partial charge in [-0.25, -0.2) is 0 Å². The number of hydrogen-bond acceptors (Lipinski definition) is 3. The minimum Gasteiger partial charge on any atom is -0.387 e. The van der Waals surface area contributed by atoms with E-state index in [0.29, 0.717) is 18.1 Å². The van der Waals surface area contributed by atoms with Crippen LogP contribution in [0.5, 0.6) is 0 Å². The molecule has 148 valence electrons. The summed E-state index contributed by atoms with van der Waals surface area (Å²) in [5, 5.41) is 3.48. The van der Waals surface area contributed by atoms with Gasteiger partial charge in [0.2, 0.25) is 5.91 Å². The van der Waals surface area contributed by atoms with Crippen LogP contribution in [0.15, 0.2) is 66.4 Å². The van der Waals surface area contributed by atoms with E-state index >= 15 is 0 Å². The number of rotatable bonds is 7. The lowest BCUT2D eigenvalue weighted by molar-refractivity contribution is -0.0686. The van der Waals surface area contributed by atoms with E-state index < -0.39 is 11.5 Å². The summed E-state index contributed by atoms with van der Waals surface area (Å²) in [4.78, 5) is 11.7. The van der Waals surface area contributed by atoms with Gasteiger partial charge in [-0.3, -0.25) is 4.79 Å². The number of amides is 1. The van der Waals surface area contributed by atoms with E-state index in [-0.39, 0.29) is 0 Å². The van der Waals surface area contributed by atoms with Crippen molar-refractivity contribution in [1.82, 2.24) is 5.32 Å². The van der Waals surface area contributed by atoms with E-state index in [2.05, 4.69) is 36.6 Å². The van der Waals surface area contributed by atoms with Crippen LogP contribution in [0.2, 0.25) is 0 Å². The molecule has 0 bridgehead atoms. The zero-order chi connectivity index (χ0) is 20.0. The molecule has 2 atom stereocenters. The third-order valence-corrected chi connectivity index (χ3v) is 5.63. The molecule has 0 aliphatic heterocycles. The molecule has 4 heteroatoms. The molecule has 3 rings (SSSR count). The molecule has 1 aliphatic carbocycles. The second-order valence-electron chi connectivity index (χ2n) is 7.44. The molecule has 0 spiro atoms. The Morgan fingerprint density at radius 3 is 2.75 bits per heavy atom. The summed E-state index contributed by atoms with van der Waals surface area (Å²) in [6.45, 7) is 5.62. The fourth-order valence-corrected chi connectivity index (χ4v) is 4.29. The summed E-state index contributed by atoms with van der Waals surface area (Å²) in [6, 6.07) is 17.9. The van der Waals surface area contributed by atoms with E-state index in [1.165, 1.54) is 11.1 Å². The molecule has 1 amide bonds. The fourth-order valence-electron chi connectivity index (χ4n) is 4.29. The highest BCUT2D eigenvalue weighted by Gasteiger charge is 2.44. The van der Waals surface area contributed by atoms with Gasteiger partial charge in [-0.15, -0.1) is 0 Å². The highest BCUT2D eigenvalue weighted by molar-refractivity contribution is 5.93. The third-order valence-electron chi connectivity index (χ3n) is 5.63. The average molecular weight is 379 g/mol. The number of nitrogens with one attached hydrogen (secondary N) is 1. The summed E-state index contributed by atoms with van der Waals surface area (Å²) in [7, 11) is 0. The normalized spacial score (nSPS) is 23.5. The van der Waals surface area contributed by atoms with Gasteiger partial charge in [0.25, 0.3) is 0 Å². The maximum atomic E-state index is 11.7. The summed E-state index contributed by atoms with van der Waals surface area (Å²) in [5.74, 6) is -0.112. The van der Waals surface area contributed by atoms with Crippen molar-refractivity contribution >= 4 is 5.91 Å². The van der Waals surface area contributed by atoms with Gasteiger partial charge in [0.05, 0.1) is 0 Å². The Labute approximate surface area is 167 Å². The number of benzene rings is 2. The van der Waals surface area contributed by atoms with Crippen molar-refractivity contribution in [2.45, 2.75) is 45.3 Å². The van der Waals surface area contributed by atoms with Gasteiger partial charge >= 0.3 is 0 Å². The number of ether oxygens (including phenoxy) is 1. The van der Waals surface area contributed by atoms with Crippen LogP contribution >= 0.6 is 0 Å². The standard InChI is InChI=1S/C24H30N2O2/c1-3-28-24(21-13-8-12-20(15-21)23(25)27)18(2)9-7-14-22(24)17-26-16-19-10-5-4-6-11-19/h4-6,8,10-13,15,17-18,26H,3,7,9,14,16H2,1-2H3,(H2,25,27)/b22-17+. The molecule has 0 radical (unpaired) electrons. The second-order valence-corrected chi connectivity index (χ2v) is 7.44.